The van der Waals surface area contributed by atoms with Crippen LogP contribution in [-0.4, -0.2) is 45.7 Å². The van der Waals surface area contributed by atoms with Gasteiger partial charge in [-0.15, -0.1) is 0 Å². The van der Waals surface area contributed by atoms with E-state index in [1.807, 2.05) is 18.2 Å². The molecule has 2 saturated heterocycles. The molecule has 6 nitrogen and oxygen atoms in total. The van der Waals surface area contributed by atoms with Crippen molar-refractivity contribution < 1.29 is 4.74 Å². The Bertz CT molecular complexity index is 659. The highest BCUT2D eigenvalue weighted by Crippen LogP contribution is 2.37. The summed E-state index contributed by atoms with van der Waals surface area (Å²) >= 11 is 0. The van der Waals surface area contributed by atoms with Crippen LogP contribution in [0.5, 0.6) is 0 Å². The lowest BCUT2D eigenvalue weighted by molar-refractivity contribution is 0.0286. The molecule has 0 aliphatic carbocycles. The first-order valence-electron chi connectivity index (χ1n) is 8.74. The van der Waals surface area contributed by atoms with E-state index in [1.165, 1.54) is 6.42 Å². The molecule has 2 aromatic heterocycles. The van der Waals surface area contributed by atoms with Crippen LogP contribution in [0.15, 0.2) is 36.8 Å². The molecule has 0 amide bonds. The highest BCUT2D eigenvalue weighted by Gasteiger charge is 2.35. The van der Waals surface area contributed by atoms with Crippen molar-refractivity contribution in [1.29, 1.82) is 0 Å². The van der Waals surface area contributed by atoms with Crippen LogP contribution >= 0.6 is 0 Å². The first-order valence-corrected chi connectivity index (χ1v) is 8.74. The lowest BCUT2D eigenvalue weighted by Crippen LogP contribution is -2.39. The summed E-state index contributed by atoms with van der Waals surface area (Å²) in [5, 5.41) is 3.34. The third-order valence-electron chi connectivity index (χ3n) is 4.91. The maximum Gasteiger partial charge on any atom is 0.154 e. The van der Waals surface area contributed by atoms with Crippen molar-refractivity contribution in [3.05, 3.63) is 42.5 Å². The molecule has 0 spiro atoms. The Balaban J connectivity index is 1.58. The minimum atomic E-state index is 0.327. The fraction of sp³-hybridized carbons (Fsp3) is 0.500. The number of likely N-dealkylation sites (tertiary alicyclic amines) is 1. The van der Waals surface area contributed by atoms with Gasteiger partial charge < -0.3 is 10.1 Å². The highest BCUT2D eigenvalue weighted by atomic mass is 16.5. The monoisotopic (exact) mass is 325 g/mol. The van der Waals surface area contributed by atoms with Crippen molar-refractivity contribution in [3.8, 4) is 0 Å². The standard InChI is InChI=1S/C18H23N5O/c1-2-8-19-16(5-1)22-18-17(20-9-10-21-18)15-4-3-11-23(15)14-6-12-24-13-7-14/h1-2,5,8-10,14-15H,3-4,6-7,11-13H2,(H,19,21,22). The molecule has 2 fully saturated rings. The molecule has 6 heteroatoms. The lowest BCUT2D eigenvalue weighted by atomic mass is 10.0. The van der Waals surface area contributed by atoms with Gasteiger partial charge in [0.25, 0.3) is 0 Å². The number of pyridine rings is 1. The van der Waals surface area contributed by atoms with E-state index in [4.69, 9.17) is 4.74 Å². The number of hydrogen-bond acceptors (Lipinski definition) is 6. The van der Waals surface area contributed by atoms with E-state index in [2.05, 4.69) is 25.2 Å². The zero-order valence-corrected chi connectivity index (χ0v) is 13.8. The average Bonchev–Trinajstić information content (AvgIpc) is 3.13. The minimum Gasteiger partial charge on any atom is -0.381 e. The number of nitrogens with one attached hydrogen (secondary N) is 1. The second-order valence-electron chi connectivity index (χ2n) is 6.37. The van der Waals surface area contributed by atoms with Gasteiger partial charge in [0.05, 0.1) is 6.04 Å². The van der Waals surface area contributed by atoms with E-state index in [0.717, 1.165) is 56.4 Å². The molecule has 0 radical (unpaired) electrons. The SMILES string of the molecule is c1ccc(Nc2nccnc2C2CCCN2C2CCOCC2)nc1. The molecule has 1 N–H and O–H groups in total. The van der Waals surface area contributed by atoms with Crippen molar-refractivity contribution in [2.45, 2.75) is 37.8 Å². The Morgan fingerprint density at radius 1 is 1.00 bits per heavy atom. The summed E-state index contributed by atoms with van der Waals surface area (Å²) in [5.74, 6) is 1.62. The summed E-state index contributed by atoms with van der Waals surface area (Å²) in [4.78, 5) is 16.2. The largest absolute Gasteiger partial charge is 0.381 e. The van der Waals surface area contributed by atoms with E-state index in [-0.39, 0.29) is 0 Å². The smallest absolute Gasteiger partial charge is 0.154 e. The maximum atomic E-state index is 5.53. The molecule has 2 aliphatic rings. The van der Waals surface area contributed by atoms with Gasteiger partial charge in [-0.1, -0.05) is 6.07 Å². The Labute approximate surface area is 142 Å². The zero-order chi connectivity index (χ0) is 16.2. The van der Waals surface area contributed by atoms with Crippen molar-refractivity contribution in [1.82, 2.24) is 19.9 Å². The van der Waals surface area contributed by atoms with Gasteiger partial charge in [-0.3, -0.25) is 9.88 Å². The number of rotatable bonds is 4. The summed E-state index contributed by atoms with van der Waals surface area (Å²) in [6, 6.07) is 6.74. The lowest BCUT2D eigenvalue weighted by Gasteiger charge is -2.35. The molecule has 2 aromatic rings. The second-order valence-corrected chi connectivity index (χ2v) is 6.37. The van der Waals surface area contributed by atoms with Crippen molar-refractivity contribution in [2.24, 2.45) is 0 Å². The Morgan fingerprint density at radius 3 is 2.71 bits per heavy atom. The summed E-state index contributed by atoms with van der Waals surface area (Å²) in [6.07, 6.45) is 9.87. The Kier molecular flexibility index (Phi) is 4.66. The fourth-order valence-corrected chi connectivity index (χ4v) is 3.78. The number of aromatic nitrogens is 3. The van der Waals surface area contributed by atoms with E-state index in [1.54, 1.807) is 18.6 Å². The summed E-state index contributed by atoms with van der Waals surface area (Å²) < 4.78 is 5.53. The molecule has 2 aliphatic heterocycles. The van der Waals surface area contributed by atoms with Gasteiger partial charge in [-0.2, -0.15) is 0 Å². The van der Waals surface area contributed by atoms with E-state index in [0.29, 0.717) is 12.1 Å². The third kappa shape index (κ3) is 3.25. The van der Waals surface area contributed by atoms with Gasteiger partial charge in [-0.25, -0.2) is 9.97 Å². The molecular weight excluding hydrogens is 302 g/mol. The molecule has 126 valence electrons. The molecule has 1 unspecified atom stereocenters. The van der Waals surface area contributed by atoms with Gasteiger partial charge in [0, 0.05) is 37.8 Å². The molecule has 0 bridgehead atoms. The summed E-state index contributed by atoms with van der Waals surface area (Å²) in [5.41, 5.74) is 1.03. The van der Waals surface area contributed by atoms with Gasteiger partial charge in [-0.05, 0) is 44.4 Å². The Morgan fingerprint density at radius 2 is 1.88 bits per heavy atom. The van der Waals surface area contributed by atoms with Crippen molar-refractivity contribution in [3.63, 3.8) is 0 Å². The van der Waals surface area contributed by atoms with Crippen molar-refractivity contribution in [2.75, 3.05) is 25.1 Å². The van der Waals surface area contributed by atoms with Crippen LogP contribution in [0, 0.1) is 0 Å². The van der Waals surface area contributed by atoms with Crippen LogP contribution in [0.25, 0.3) is 0 Å². The van der Waals surface area contributed by atoms with Gasteiger partial charge in [0.15, 0.2) is 5.82 Å². The fourth-order valence-electron chi connectivity index (χ4n) is 3.78. The molecular formula is C18H23N5O. The molecule has 24 heavy (non-hydrogen) atoms. The zero-order valence-electron chi connectivity index (χ0n) is 13.8. The van der Waals surface area contributed by atoms with E-state index in [9.17, 15) is 0 Å². The topological polar surface area (TPSA) is 63.2 Å². The molecule has 0 saturated carbocycles. The highest BCUT2D eigenvalue weighted by molar-refractivity contribution is 5.54. The minimum absolute atomic E-state index is 0.327. The first-order chi connectivity index (χ1) is 11.9. The van der Waals surface area contributed by atoms with Crippen LogP contribution in [0.2, 0.25) is 0 Å². The van der Waals surface area contributed by atoms with Crippen LogP contribution in [0.4, 0.5) is 11.6 Å². The summed E-state index contributed by atoms with van der Waals surface area (Å²) in [6.45, 7) is 2.87. The van der Waals surface area contributed by atoms with E-state index < -0.39 is 0 Å². The second kappa shape index (κ2) is 7.23. The normalized spacial score (nSPS) is 22.6. The van der Waals surface area contributed by atoms with Crippen LogP contribution in [-0.2, 0) is 4.74 Å². The van der Waals surface area contributed by atoms with Crippen molar-refractivity contribution >= 4 is 11.6 Å². The average molecular weight is 325 g/mol. The number of ether oxygens (including phenoxy) is 1. The van der Waals surface area contributed by atoms with Crippen LogP contribution < -0.4 is 5.32 Å². The number of anilines is 2. The predicted molar refractivity (Wildman–Crippen MR) is 92.1 cm³/mol. The molecule has 1 atom stereocenters. The van der Waals surface area contributed by atoms with Crippen LogP contribution in [0.3, 0.4) is 0 Å². The van der Waals surface area contributed by atoms with Crippen LogP contribution in [0.1, 0.15) is 37.4 Å². The molecule has 0 aromatic carbocycles. The number of hydrogen-bond donors (Lipinski definition) is 1. The number of nitrogens with zero attached hydrogens (tertiary/aromatic N) is 4. The van der Waals surface area contributed by atoms with Gasteiger partial charge >= 0.3 is 0 Å². The third-order valence-corrected chi connectivity index (χ3v) is 4.91. The molecule has 4 heterocycles. The first kappa shape index (κ1) is 15.5. The Hall–Kier alpha value is -2.05. The van der Waals surface area contributed by atoms with E-state index >= 15 is 0 Å². The van der Waals surface area contributed by atoms with Gasteiger partial charge in [0.1, 0.15) is 11.5 Å². The predicted octanol–water partition coefficient (Wildman–Crippen LogP) is 2.93. The summed E-state index contributed by atoms with van der Waals surface area (Å²) in [7, 11) is 0. The van der Waals surface area contributed by atoms with Gasteiger partial charge in [0.2, 0.25) is 0 Å². The maximum absolute atomic E-state index is 5.53. The quantitative estimate of drug-likeness (QED) is 0.932. The molecule has 4 rings (SSSR count).